The van der Waals surface area contributed by atoms with Crippen molar-refractivity contribution in [2.24, 2.45) is 0 Å². The molecule has 1 fully saturated rings. The topological polar surface area (TPSA) is 61.3 Å². The predicted molar refractivity (Wildman–Crippen MR) is 92.3 cm³/mol. The molecule has 1 aliphatic heterocycles. The lowest BCUT2D eigenvalue weighted by Gasteiger charge is -2.36. The monoisotopic (exact) mass is 313 g/mol. The number of rotatable bonds is 3. The summed E-state index contributed by atoms with van der Waals surface area (Å²) in [7, 11) is 4.00. The summed E-state index contributed by atoms with van der Waals surface area (Å²) < 4.78 is 0. The minimum atomic E-state index is 0.809. The van der Waals surface area contributed by atoms with Gasteiger partial charge in [0.1, 0.15) is 11.6 Å². The van der Waals surface area contributed by atoms with Crippen molar-refractivity contribution < 1.29 is 0 Å². The van der Waals surface area contributed by atoms with E-state index < -0.39 is 0 Å². The maximum atomic E-state index is 4.67. The van der Waals surface area contributed by atoms with Crippen molar-refractivity contribution in [1.29, 1.82) is 0 Å². The molecule has 1 saturated heterocycles. The molecule has 0 atom stereocenters. The fourth-order valence-electron chi connectivity index (χ4n) is 2.74. The Hall–Kier alpha value is -2.44. The minimum absolute atomic E-state index is 0.809. The maximum absolute atomic E-state index is 4.67. The van der Waals surface area contributed by atoms with Gasteiger partial charge in [-0.3, -0.25) is 4.98 Å². The van der Waals surface area contributed by atoms with Crippen LogP contribution in [0.4, 0.5) is 17.6 Å². The Morgan fingerprint density at radius 2 is 1.57 bits per heavy atom. The molecule has 3 heterocycles. The van der Waals surface area contributed by atoms with Gasteiger partial charge in [-0.1, -0.05) is 0 Å². The summed E-state index contributed by atoms with van der Waals surface area (Å²) in [6.07, 6.45) is 3.49. The highest BCUT2D eigenvalue weighted by molar-refractivity contribution is 5.48. The van der Waals surface area contributed by atoms with Crippen molar-refractivity contribution in [1.82, 2.24) is 19.9 Å². The van der Waals surface area contributed by atoms with Gasteiger partial charge in [-0.15, -0.1) is 0 Å². The lowest BCUT2D eigenvalue weighted by Crippen LogP contribution is -2.47. The van der Waals surface area contributed by atoms with Crippen molar-refractivity contribution in [2.45, 2.75) is 13.8 Å². The Morgan fingerprint density at radius 1 is 0.913 bits per heavy atom. The van der Waals surface area contributed by atoms with Crippen LogP contribution >= 0.6 is 0 Å². The highest BCUT2D eigenvalue weighted by Gasteiger charge is 2.22. The van der Waals surface area contributed by atoms with Crippen molar-refractivity contribution in [2.75, 3.05) is 55.0 Å². The van der Waals surface area contributed by atoms with Crippen LogP contribution in [0.5, 0.6) is 0 Å². The first-order valence-electron chi connectivity index (χ1n) is 7.85. The van der Waals surface area contributed by atoms with E-state index in [0.717, 1.165) is 55.2 Å². The van der Waals surface area contributed by atoms with Crippen molar-refractivity contribution >= 4 is 17.6 Å². The van der Waals surface area contributed by atoms with Crippen LogP contribution in [-0.4, -0.2) is 60.2 Å². The van der Waals surface area contributed by atoms with Crippen LogP contribution < -0.4 is 14.7 Å². The third-order valence-corrected chi connectivity index (χ3v) is 4.00. The average molecular weight is 313 g/mol. The molecule has 0 amide bonds. The Labute approximate surface area is 137 Å². The zero-order valence-corrected chi connectivity index (χ0v) is 14.2. The van der Waals surface area contributed by atoms with Crippen molar-refractivity contribution in [3.63, 3.8) is 0 Å². The number of nitrogens with zero attached hydrogens (tertiary/aromatic N) is 7. The van der Waals surface area contributed by atoms with Crippen LogP contribution in [-0.2, 0) is 0 Å². The third kappa shape index (κ3) is 3.33. The van der Waals surface area contributed by atoms with Crippen LogP contribution in [0.25, 0.3) is 0 Å². The molecule has 0 bridgehead atoms. The number of aryl methyl sites for hydroxylation is 2. The second-order valence-electron chi connectivity index (χ2n) is 6.00. The summed E-state index contributed by atoms with van der Waals surface area (Å²) in [6, 6.07) is 2.00. The molecule has 7 nitrogen and oxygen atoms in total. The number of aromatic nitrogens is 4. The standard InChI is InChI=1S/C16H23N7/c1-12-11-14(21(3)4)20-16(19-12)23-9-7-22(8-10-23)15-13(2)17-5-6-18-15/h5-6,11H,7-10H2,1-4H3. The molecular weight excluding hydrogens is 290 g/mol. The molecule has 0 saturated carbocycles. The average Bonchev–Trinajstić information content (AvgIpc) is 2.55. The molecule has 2 aromatic rings. The van der Waals surface area contributed by atoms with Crippen molar-refractivity contribution in [3.8, 4) is 0 Å². The van der Waals surface area contributed by atoms with Gasteiger partial charge < -0.3 is 14.7 Å². The van der Waals surface area contributed by atoms with Gasteiger partial charge in [0.05, 0.1) is 5.69 Å². The number of anilines is 3. The Morgan fingerprint density at radius 3 is 2.22 bits per heavy atom. The molecular formula is C16H23N7. The van der Waals surface area contributed by atoms with Gasteiger partial charge in [0.15, 0.2) is 0 Å². The SMILES string of the molecule is Cc1cc(N(C)C)nc(N2CCN(c3nccnc3C)CC2)n1. The molecule has 0 aromatic carbocycles. The van der Waals surface area contributed by atoms with E-state index in [9.17, 15) is 0 Å². The van der Waals surface area contributed by atoms with E-state index in [1.54, 1.807) is 12.4 Å². The summed E-state index contributed by atoms with van der Waals surface area (Å²) in [6.45, 7) is 7.57. The Kier molecular flexibility index (Phi) is 4.27. The van der Waals surface area contributed by atoms with E-state index >= 15 is 0 Å². The highest BCUT2D eigenvalue weighted by Crippen LogP contribution is 2.20. The van der Waals surface area contributed by atoms with Gasteiger partial charge in [0.25, 0.3) is 0 Å². The Balaban J connectivity index is 1.73. The minimum Gasteiger partial charge on any atom is -0.363 e. The smallest absolute Gasteiger partial charge is 0.227 e. The molecule has 0 N–H and O–H groups in total. The van der Waals surface area contributed by atoms with Crippen LogP contribution in [0.2, 0.25) is 0 Å². The second-order valence-corrected chi connectivity index (χ2v) is 6.00. The van der Waals surface area contributed by atoms with E-state index in [1.807, 2.05) is 38.9 Å². The van der Waals surface area contributed by atoms with E-state index in [2.05, 4.69) is 29.7 Å². The van der Waals surface area contributed by atoms with Crippen LogP contribution in [0.15, 0.2) is 18.5 Å². The van der Waals surface area contributed by atoms with E-state index in [0.29, 0.717) is 0 Å². The fourth-order valence-corrected chi connectivity index (χ4v) is 2.74. The molecule has 23 heavy (non-hydrogen) atoms. The summed E-state index contributed by atoms with van der Waals surface area (Å²) in [5.74, 6) is 2.73. The van der Waals surface area contributed by atoms with E-state index in [-0.39, 0.29) is 0 Å². The molecule has 0 spiro atoms. The lowest BCUT2D eigenvalue weighted by molar-refractivity contribution is 0.631. The summed E-state index contributed by atoms with van der Waals surface area (Å²) in [5, 5.41) is 0. The summed E-state index contributed by atoms with van der Waals surface area (Å²) >= 11 is 0. The lowest BCUT2D eigenvalue weighted by atomic mass is 10.3. The first kappa shape index (κ1) is 15.5. The summed E-state index contributed by atoms with van der Waals surface area (Å²) in [4.78, 5) is 24.6. The van der Waals surface area contributed by atoms with E-state index in [4.69, 9.17) is 0 Å². The quantitative estimate of drug-likeness (QED) is 0.846. The van der Waals surface area contributed by atoms with Crippen molar-refractivity contribution in [3.05, 3.63) is 29.8 Å². The largest absolute Gasteiger partial charge is 0.363 e. The van der Waals surface area contributed by atoms with Gasteiger partial charge in [0, 0.05) is 64.4 Å². The predicted octanol–water partition coefficient (Wildman–Crippen LogP) is 1.28. The van der Waals surface area contributed by atoms with Gasteiger partial charge in [0.2, 0.25) is 5.95 Å². The van der Waals surface area contributed by atoms with Gasteiger partial charge in [-0.05, 0) is 13.8 Å². The molecule has 2 aromatic heterocycles. The molecule has 7 heteroatoms. The number of hydrogen-bond donors (Lipinski definition) is 0. The van der Waals surface area contributed by atoms with Crippen LogP contribution in [0.3, 0.4) is 0 Å². The molecule has 0 aliphatic carbocycles. The zero-order valence-electron chi connectivity index (χ0n) is 14.2. The fraction of sp³-hybridized carbons (Fsp3) is 0.500. The van der Waals surface area contributed by atoms with Crippen LogP contribution in [0.1, 0.15) is 11.4 Å². The molecule has 1 aliphatic rings. The van der Waals surface area contributed by atoms with Gasteiger partial charge in [-0.2, -0.15) is 4.98 Å². The number of piperazine rings is 1. The first-order valence-corrected chi connectivity index (χ1v) is 7.85. The van der Waals surface area contributed by atoms with E-state index in [1.165, 1.54) is 0 Å². The summed E-state index contributed by atoms with van der Waals surface area (Å²) in [5.41, 5.74) is 1.97. The number of hydrogen-bond acceptors (Lipinski definition) is 7. The highest BCUT2D eigenvalue weighted by atomic mass is 15.3. The second kappa shape index (κ2) is 6.36. The third-order valence-electron chi connectivity index (χ3n) is 4.00. The maximum Gasteiger partial charge on any atom is 0.227 e. The molecule has 0 unspecified atom stereocenters. The molecule has 122 valence electrons. The molecule has 0 radical (unpaired) electrons. The zero-order chi connectivity index (χ0) is 16.4. The normalized spacial score (nSPS) is 15.0. The van der Waals surface area contributed by atoms with Crippen LogP contribution in [0, 0.1) is 13.8 Å². The molecule has 3 rings (SSSR count). The van der Waals surface area contributed by atoms with Gasteiger partial charge >= 0.3 is 0 Å². The first-order chi connectivity index (χ1) is 11.0. The van der Waals surface area contributed by atoms with Gasteiger partial charge in [-0.25, -0.2) is 9.97 Å². The Bertz CT molecular complexity index is 678.